The van der Waals surface area contributed by atoms with E-state index in [-0.39, 0.29) is 18.6 Å². The Morgan fingerprint density at radius 1 is 1.47 bits per heavy atom. The highest BCUT2D eigenvalue weighted by atomic mass is 16.4. The van der Waals surface area contributed by atoms with Gasteiger partial charge in [-0.15, -0.1) is 0 Å². The first-order valence-corrected chi connectivity index (χ1v) is 6.97. The van der Waals surface area contributed by atoms with E-state index in [0.29, 0.717) is 19.5 Å². The Morgan fingerprint density at radius 3 is 2.79 bits per heavy atom. The lowest BCUT2D eigenvalue weighted by atomic mass is 9.99. The van der Waals surface area contributed by atoms with Crippen LogP contribution in [0, 0.1) is 5.92 Å². The molecule has 0 spiro atoms. The molecule has 0 aromatic heterocycles. The molecule has 19 heavy (non-hydrogen) atoms. The molecule has 1 fully saturated rings. The molecule has 0 aromatic carbocycles. The molecule has 1 heterocycles. The molecule has 0 bridgehead atoms. The van der Waals surface area contributed by atoms with E-state index >= 15 is 0 Å². The molecule has 0 radical (unpaired) electrons. The highest BCUT2D eigenvalue weighted by Gasteiger charge is 2.26. The van der Waals surface area contributed by atoms with Crippen LogP contribution in [0.5, 0.6) is 0 Å². The van der Waals surface area contributed by atoms with Gasteiger partial charge in [-0.25, -0.2) is 9.59 Å². The Morgan fingerprint density at radius 2 is 2.21 bits per heavy atom. The van der Waals surface area contributed by atoms with Crippen molar-refractivity contribution < 1.29 is 19.8 Å². The van der Waals surface area contributed by atoms with Gasteiger partial charge in [0.05, 0.1) is 0 Å². The zero-order valence-corrected chi connectivity index (χ0v) is 11.5. The number of nitrogens with zero attached hydrogens (tertiary/aromatic N) is 1. The number of piperidine rings is 1. The second-order valence-corrected chi connectivity index (χ2v) is 5.12. The van der Waals surface area contributed by atoms with Crippen molar-refractivity contribution in [2.45, 2.75) is 45.1 Å². The first kappa shape index (κ1) is 15.8. The van der Waals surface area contributed by atoms with Crippen LogP contribution in [0.4, 0.5) is 4.79 Å². The molecule has 1 rings (SSSR count). The van der Waals surface area contributed by atoms with Gasteiger partial charge in [0.25, 0.3) is 0 Å². The highest BCUT2D eigenvalue weighted by Crippen LogP contribution is 2.16. The van der Waals surface area contributed by atoms with E-state index in [9.17, 15) is 9.59 Å². The van der Waals surface area contributed by atoms with Crippen LogP contribution in [0.2, 0.25) is 0 Å². The molecule has 2 amide bonds. The lowest BCUT2D eigenvalue weighted by Crippen LogP contribution is -2.51. The fourth-order valence-electron chi connectivity index (χ4n) is 2.30. The summed E-state index contributed by atoms with van der Waals surface area (Å²) >= 11 is 0. The Labute approximate surface area is 113 Å². The fourth-order valence-corrected chi connectivity index (χ4v) is 2.30. The number of nitrogens with one attached hydrogen (secondary N) is 1. The number of carboxylic acid groups (broad SMARTS) is 1. The molecule has 6 nitrogen and oxygen atoms in total. The zero-order chi connectivity index (χ0) is 14.3. The number of urea groups is 1. The second-order valence-electron chi connectivity index (χ2n) is 5.12. The first-order valence-electron chi connectivity index (χ1n) is 6.97. The number of carbonyl (C=O) groups excluding carboxylic acids is 1. The molecule has 6 heteroatoms. The summed E-state index contributed by atoms with van der Waals surface area (Å²) in [7, 11) is 0. The zero-order valence-electron chi connectivity index (χ0n) is 11.5. The number of hydrogen-bond donors (Lipinski definition) is 3. The number of amides is 2. The Hall–Kier alpha value is -1.30. The summed E-state index contributed by atoms with van der Waals surface area (Å²) in [5.74, 6) is -0.879. The van der Waals surface area contributed by atoms with Gasteiger partial charge in [0.1, 0.15) is 6.04 Å². The van der Waals surface area contributed by atoms with E-state index < -0.39 is 12.0 Å². The third-order valence-corrected chi connectivity index (χ3v) is 3.51. The number of carbonyl (C=O) groups is 2. The monoisotopic (exact) mass is 272 g/mol. The third kappa shape index (κ3) is 5.06. The molecule has 3 N–H and O–H groups in total. The number of aliphatic hydroxyl groups is 1. The lowest BCUT2D eigenvalue weighted by molar-refractivity contribution is -0.139. The molecule has 110 valence electrons. The Kier molecular flexibility index (Phi) is 6.62. The molecular weight excluding hydrogens is 248 g/mol. The molecule has 2 atom stereocenters. The molecule has 1 aliphatic heterocycles. The van der Waals surface area contributed by atoms with E-state index in [4.69, 9.17) is 10.2 Å². The topological polar surface area (TPSA) is 89.9 Å². The first-order chi connectivity index (χ1) is 9.08. The van der Waals surface area contributed by atoms with Gasteiger partial charge in [0.15, 0.2) is 0 Å². The van der Waals surface area contributed by atoms with E-state index in [1.165, 1.54) is 0 Å². The summed E-state index contributed by atoms with van der Waals surface area (Å²) in [6.45, 7) is 3.18. The average Bonchev–Trinajstić information content (AvgIpc) is 2.42. The lowest BCUT2D eigenvalue weighted by Gasteiger charge is -2.32. The van der Waals surface area contributed by atoms with Gasteiger partial charge in [-0.1, -0.05) is 19.8 Å². The number of rotatable bonds is 6. The number of carboxylic acids is 1. The van der Waals surface area contributed by atoms with Crippen molar-refractivity contribution in [2.75, 3.05) is 19.7 Å². The van der Waals surface area contributed by atoms with Crippen LogP contribution in [0.25, 0.3) is 0 Å². The van der Waals surface area contributed by atoms with Crippen LogP contribution >= 0.6 is 0 Å². The highest BCUT2D eigenvalue weighted by molar-refractivity contribution is 5.82. The van der Waals surface area contributed by atoms with E-state index in [0.717, 1.165) is 25.7 Å². The Bertz CT molecular complexity index is 309. The van der Waals surface area contributed by atoms with Crippen molar-refractivity contribution in [3.05, 3.63) is 0 Å². The SMILES string of the molecule is CCCC[C@H](NC(=O)N1CCCC(CO)C1)C(=O)O. The van der Waals surface area contributed by atoms with Crippen molar-refractivity contribution >= 4 is 12.0 Å². The van der Waals surface area contributed by atoms with E-state index in [1.807, 2.05) is 6.92 Å². The number of hydrogen-bond acceptors (Lipinski definition) is 3. The maximum Gasteiger partial charge on any atom is 0.326 e. The molecule has 1 unspecified atom stereocenters. The van der Waals surface area contributed by atoms with Gasteiger partial charge in [-0.2, -0.15) is 0 Å². The fraction of sp³-hybridized carbons (Fsp3) is 0.846. The van der Waals surface area contributed by atoms with Gasteiger partial charge >= 0.3 is 12.0 Å². The smallest absolute Gasteiger partial charge is 0.326 e. The Balaban J connectivity index is 2.48. The predicted molar refractivity (Wildman–Crippen MR) is 70.9 cm³/mol. The van der Waals surface area contributed by atoms with Crippen molar-refractivity contribution in [1.29, 1.82) is 0 Å². The summed E-state index contributed by atoms with van der Waals surface area (Å²) in [5, 5.41) is 20.8. The minimum atomic E-state index is -0.988. The van der Waals surface area contributed by atoms with Crippen LogP contribution in [-0.4, -0.2) is 52.9 Å². The van der Waals surface area contributed by atoms with Gasteiger partial charge in [0, 0.05) is 19.7 Å². The number of unbranched alkanes of at least 4 members (excludes halogenated alkanes) is 1. The summed E-state index contributed by atoms with van der Waals surface area (Å²) in [4.78, 5) is 24.7. The van der Waals surface area contributed by atoms with Crippen molar-refractivity contribution in [2.24, 2.45) is 5.92 Å². The van der Waals surface area contributed by atoms with Gasteiger partial charge in [0.2, 0.25) is 0 Å². The molecule has 0 aliphatic carbocycles. The third-order valence-electron chi connectivity index (χ3n) is 3.51. The standard InChI is InChI=1S/C13H24N2O4/c1-2-3-6-11(12(17)18)14-13(19)15-7-4-5-10(8-15)9-16/h10-11,16H,2-9H2,1H3,(H,14,19)(H,17,18)/t10?,11-/m0/s1. The maximum absolute atomic E-state index is 12.0. The summed E-state index contributed by atoms with van der Waals surface area (Å²) in [5.41, 5.74) is 0. The number of likely N-dealkylation sites (tertiary alicyclic amines) is 1. The van der Waals surface area contributed by atoms with Crippen LogP contribution in [0.15, 0.2) is 0 Å². The molecular formula is C13H24N2O4. The summed E-state index contributed by atoms with van der Waals surface area (Å²) < 4.78 is 0. The second kappa shape index (κ2) is 7.99. The minimum Gasteiger partial charge on any atom is -0.480 e. The average molecular weight is 272 g/mol. The van der Waals surface area contributed by atoms with Gasteiger partial charge < -0.3 is 20.4 Å². The summed E-state index contributed by atoms with van der Waals surface area (Å²) in [6, 6.07) is -1.15. The predicted octanol–water partition coefficient (Wildman–Crippen LogP) is 1.04. The molecule has 0 aromatic rings. The molecule has 0 saturated carbocycles. The quantitative estimate of drug-likeness (QED) is 0.674. The normalized spacial score (nSPS) is 20.9. The number of aliphatic hydroxyl groups excluding tert-OH is 1. The molecule has 1 aliphatic rings. The van der Waals surface area contributed by atoms with Crippen molar-refractivity contribution in [3.63, 3.8) is 0 Å². The van der Waals surface area contributed by atoms with E-state index in [1.54, 1.807) is 4.90 Å². The van der Waals surface area contributed by atoms with Crippen molar-refractivity contribution in [1.82, 2.24) is 10.2 Å². The summed E-state index contributed by atoms with van der Waals surface area (Å²) in [6.07, 6.45) is 3.89. The minimum absolute atomic E-state index is 0.0714. The van der Waals surface area contributed by atoms with Gasteiger partial charge in [-0.3, -0.25) is 0 Å². The van der Waals surface area contributed by atoms with Crippen LogP contribution in [0.1, 0.15) is 39.0 Å². The largest absolute Gasteiger partial charge is 0.480 e. The van der Waals surface area contributed by atoms with Crippen LogP contribution < -0.4 is 5.32 Å². The number of aliphatic carboxylic acids is 1. The van der Waals surface area contributed by atoms with E-state index in [2.05, 4.69) is 5.32 Å². The van der Waals surface area contributed by atoms with Gasteiger partial charge in [-0.05, 0) is 25.2 Å². The van der Waals surface area contributed by atoms with Crippen LogP contribution in [-0.2, 0) is 4.79 Å². The van der Waals surface area contributed by atoms with Crippen LogP contribution in [0.3, 0.4) is 0 Å². The van der Waals surface area contributed by atoms with Crippen molar-refractivity contribution in [3.8, 4) is 0 Å². The maximum atomic E-state index is 12.0. The molecule has 1 saturated heterocycles.